The van der Waals surface area contributed by atoms with E-state index >= 15 is 0 Å². The van der Waals surface area contributed by atoms with Crippen LogP contribution in [0.3, 0.4) is 0 Å². The lowest BCUT2D eigenvalue weighted by Crippen LogP contribution is -2.44. The van der Waals surface area contributed by atoms with Crippen molar-refractivity contribution in [3.63, 3.8) is 0 Å². The molecule has 6 nitrogen and oxygen atoms in total. The van der Waals surface area contributed by atoms with Crippen molar-refractivity contribution in [2.24, 2.45) is 4.99 Å². The molecule has 0 saturated carbocycles. The summed E-state index contributed by atoms with van der Waals surface area (Å²) in [5, 5.41) is 7.30. The molecule has 2 saturated heterocycles. The van der Waals surface area contributed by atoms with E-state index < -0.39 is 0 Å². The first-order valence-corrected chi connectivity index (χ1v) is 8.38. The standard InChI is InChI=1S/C16H27N5O.HI/c1-13-10-15(22-19-13)11-18-16(17-2)21-9-6-14(12-21)20-7-4-3-5-8-20;/h10,14H,3-9,11-12H2,1-2H3,(H,17,18);1H. The molecule has 7 heteroatoms. The molecule has 0 bridgehead atoms. The van der Waals surface area contributed by atoms with Crippen molar-refractivity contribution in [1.82, 2.24) is 20.3 Å². The number of nitrogens with one attached hydrogen (secondary N) is 1. The molecule has 0 radical (unpaired) electrons. The monoisotopic (exact) mass is 433 g/mol. The summed E-state index contributed by atoms with van der Waals surface area (Å²) in [6.45, 7) is 7.26. The second-order valence-electron chi connectivity index (χ2n) is 6.32. The fraction of sp³-hybridized carbons (Fsp3) is 0.750. The van der Waals surface area contributed by atoms with Crippen LogP contribution in [0.5, 0.6) is 0 Å². The van der Waals surface area contributed by atoms with Crippen LogP contribution in [0.4, 0.5) is 0 Å². The largest absolute Gasteiger partial charge is 0.359 e. The van der Waals surface area contributed by atoms with Crippen LogP contribution in [0.15, 0.2) is 15.6 Å². The Hall–Kier alpha value is -0.830. The zero-order valence-corrected chi connectivity index (χ0v) is 16.5. The third-order valence-electron chi connectivity index (χ3n) is 4.68. The SMILES string of the molecule is CN=C(NCc1cc(C)no1)N1CCC(N2CCCCC2)C1.I. The number of guanidine groups is 1. The summed E-state index contributed by atoms with van der Waals surface area (Å²) in [4.78, 5) is 9.45. The Labute approximate surface area is 155 Å². The number of aryl methyl sites for hydroxylation is 1. The lowest BCUT2D eigenvalue weighted by Gasteiger charge is -2.32. The summed E-state index contributed by atoms with van der Waals surface area (Å²) in [5.74, 6) is 1.82. The van der Waals surface area contributed by atoms with Crippen molar-refractivity contribution >= 4 is 29.9 Å². The van der Waals surface area contributed by atoms with Gasteiger partial charge in [-0.2, -0.15) is 0 Å². The van der Waals surface area contributed by atoms with Crippen LogP contribution in [0.25, 0.3) is 0 Å². The molecule has 130 valence electrons. The molecule has 0 aliphatic carbocycles. The first-order chi connectivity index (χ1) is 10.8. The lowest BCUT2D eigenvalue weighted by molar-refractivity contribution is 0.168. The van der Waals surface area contributed by atoms with Crippen molar-refractivity contribution in [1.29, 1.82) is 0 Å². The lowest BCUT2D eigenvalue weighted by atomic mass is 10.1. The first-order valence-electron chi connectivity index (χ1n) is 8.38. The molecule has 0 spiro atoms. The Bertz CT molecular complexity index is 512. The number of hydrogen-bond acceptors (Lipinski definition) is 4. The van der Waals surface area contributed by atoms with Gasteiger partial charge in [0.2, 0.25) is 0 Å². The molecule has 3 rings (SSSR count). The van der Waals surface area contributed by atoms with Crippen LogP contribution in [0.1, 0.15) is 37.1 Å². The topological polar surface area (TPSA) is 56.9 Å². The highest BCUT2D eigenvalue weighted by Crippen LogP contribution is 2.20. The Balaban J connectivity index is 0.00000192. The number of aromatic nitrogens is 1. The second-order valence-corrected chi connectivity index (χ2v) is 6.32. The fourth-order valence-electron chi connectivity index (χ4n) is 3.51. The molecule has 0 amide bonds. The van der Waals surface area contributed by atoms with Crippen LogP contribution in [0, 0.1) is 6.92 Å². The maximum absolute atomic E-state index is 5.24. The van der Waals surface area contributed by atoms with Crippen LogP contribution in [-0.2, 0) is 6.54 Å². The van der Waals surface area contributed by atoms with Crippen molar-refractivity contribution in [2.45, 2.75) is 45.2 Å². The van der Waals surface area contributed by atoms with E-state index in [0.29, 0.717) is 12.6 Å². The Morgan fingerprint density at radius 1 is 1.35 bits per heavy atom. The number of piperidine rings is 1. The summed E-state index contributed by atoms with van der Waals surface area (Å²) >= 11 is 0. The molecule has 0 aromatic carbocycles. The van der Waals surface area contributed by atoms with Crippen molar-refractivity contribution in [3.8, 4) is 0 Å². The quantitative estimate of drug-likeness (QED) is 0.450. The summed E-state index contributed by atoms with van der Waals surface area (Å²) in [6.07, 6.45) is 5.34. The van der Waals surface area contributed by atoms with Gasteiger partial charge in [-0.05, 0) is 39.3 Å². The van der Waals surface area contributed by atoms with Gasteiger partial charge >= 0.3 is 0 Å². The van der Waals surface area contributed by atoms with E-state index in [-0.39, 0.29) is 24.0 Å². The first kappa shape index (κ1) is 18.5. The zero-order chi connectivity index (χ0) is 15.4. The molecule has 1 aromatic heterocycles. The van der Waals surface area contributed by atoms with Gasteiger partial charge in [0.25, 0.3) is 0 Å². The molecule has 1 aromatic rings. The summed E-state index contributed by atoms with van der Waals surface area (Å²) < 4.78 is 5.24. The van der Waals surface area contributed by atoms with Crippen molar-refractivity contribution in [2.75, 3.05) is 33.2 Å². The zero-order valence-electron chi connectivity index (χ0n) is 14.1. The number of halogens is 1. The van der Waals surface area contributed by atoms with E-state index in [9.17, 15) is 0 Å². The third kappa shape index (κ3) is 4.82. The predicted octanol–water partition coefficient (Wildman–Crippen LogP) is 2.24. The maximum atomic E-state index is 5.24. The minimum atomic E-state index is 0. The van der Waals surface area contributed by atoms with Crippen LogP contribution < -0.4 is 5.32 Å². The molecule has 23 heavy (non-hydrogen) atoms. The maximum Gasteiger partial charge on any atom is 0.194 e. The third-order valence-corrected chi connectivity index (χ3v) is 4.68. The Morgan fingerprint density at radius 3 is 2.78 bits per heavy atom. The number of rotatable bonds is 3. The molecule has 1 atom stereocenters. The highest BCUT2D eigenvalue weighted by molar-refractivity contribution is 14.0. The summed E-state index contributed by atoms with van der Waals surface area (Å²) in [7, 11) is 1.85. The summed E-state index contributed by atoms with van der Waals surface area (Å²) in [5.41, 5.74) is 0.915. The minimum absolute atomic E-state index is 0. The molecular formula is C16H28IN5O. The van der Waals surface area contributed by atoms with E-state index in [1.54, 1.807) is 0 Å². The predicted molar refractivity (Wildman–Crippen MR) is 102 cm³/mol. The fourth-order valence-corrected chi connectivity index (χ4v) is 3.51. The van der Waals surface area contributed by atoms with E-state index in [0.717, 1.165) is 30.5 Å². The van der Waals surface area contributed by atoms with Gasteiger partial charge in [-0.1, -0.05) is 11.6 Å². The molecule has 1 unspecified atom stereocenters. The molecule has 2 aliphatic heterocycles. The highest BCUT2D eigenvalue weighted by atomic mass is 127. The van der Waals surface area contributed by atoms with Crippen LogP contribution in [-0.4, -0.2) is 60.2 Å². The van der Waals surface area contributed by atoms with Gasteiger partial charge in [0.15, 0.2) is 11.7 Å². The minimum Gasteiger partial charge on any atom is -0.359 e. The smallest absolute Gasteiger partial charge is 0.194 e. The Morgan fingerprint density at radius 2 is 2.13 bits per heavy atom. The number of hydrogen-bond donors (Lipinski definition) is 1. The van der Waals surface area contributed by atoms with Gasteiger partial charge in [0, 0.05) is 32.2 Å². The van der Waals surface area contributed by atoms with E-state index in [4.69, 9.17) is 4.52 Å². The van der Waals surface area contributed by atoms with E-state index in [1.165, 1.54) is 38.8 Å². The average Bonchev–Trinajstić information content (AvgIpc) is 3.18. The van der Waals surface area contributed by atoms with E-state index in [2.05, 4.69) is 25.3 Å². The van der Waals surface area contributed by atoms with Crippen LogP contribution in [0.2, 0.25) is 0 Å². The van der Waals surface area contributed by atoms with Gasteiger partial charge in [0.05, 0.1) is 12.2 Å². The normalized spacial score (nSPS) is 23.0. The molecule has 1 N–H and O–H groups in total. The molecule has 2 fully saturated rings. The second kappa shape index (κ2) is 8.86. The molecule has 3 heterocycles. The number of likely N-dealkylation sites (tertiary alicyclic amines) is 2. The van der Waals surface area contributed by atoms with Gasteiger partial charge in [-0.25, -0.2) is 0 Å². The molecule has 2 aliphatic rings. The number of nitrogens with zero attached hydrogens (tertiary/aromatic N) is 4. The molecular weight excluding hydrogens is 405 g/mol. The van der Waals surface area contributed by atoms with Gasteiger partial charge in [-0.15, -0.1) is 24.0 Å². The van der Waals surface area contributed by atoms with Gasteiger partial charge in [-0.3, -0.25) is 9.89 Å². The van der Waals surface area contributed by atoms with Gasteiger partial charge in [0.1, 0.15) is 0 Å². The van der Waals surface area contributed by atoms with Crippen molar-refractivity contribution in [3.05, 3.63) is 17.5 Å². The van der Waals surface area contributed by atoms with Gasteiger partial charge < -0.3 is 14.7 Å². The van der Waals surface area contributed by atoms with E-state index in [1.807, 2.05) is 20.0 Å². The average molecular weight is 433 g/mol. The summed E-state index contributed by atoms with van der Waals surface area (Å²) in [6, 6.07) is 2.65. The Kier molecular flexibility index (Phi) is 7.13. The highest BCUT2D eigenvalue weighted by Gasteiger charge is 2.29. The van der Waals surface area contributed by atoms with Crippen molar-refractivity contribution < 1.29 is 4.52 Å². The van der Waals surface area contributed by atoms with Crippen LogP contribution >= 0.6 is 24.0 Å². The number of aliphatic imine (C=N–C) groups is 1.